The van der Waals surface area contributed by atoms with Crippen molar-refractivity contribution in [2.45, 2.75) is 6.42 Å². The van der Waals surface area contributed by atoms with Gasteiger partial charge in [0.1, 0.15) is 4.99 Å². The molecule has 1 saturated heterocycles. The van der Waals surface area contributed by atoms with Gasteiger partial charge in [0.2, 0.25) is 0 Å². The highest BCUT2D eigenvalue weighted by Crippen LogP contribution is 2.23. The predicted octanol–water partition coefficient (Wildman–Crippen LogP) is 2.11. The van der Waals surface area contributed by atoms with Crippen LogP contribution in [0.3, 0.4) is 0 Å². The highest BCUT2D eigenvalue weighted by atomic mass is 35.5. The summed E-state index contributed by atoms with van der Waals surface area (Å²) >= 11 is 11.1. The fourth-order valence-corrected chi connectivity index (χ4v) is 2.54. The lowest BCUT2D eigenvalue weighted by Gasteiger charge is -2.26. The maximum absolute atomic E-state index is 6.20. The van der Waals surface area contributed by atoms with Gasteiger partial charge in [0.15, 0.2) is 0 Å². The average molecular weight is 314 g/mol. The minimum atomic E-state index is 0.366. The number of nitrogens with zero attached hydrogens (tertiary/aromatic N) is 1. The molecule has 110 valence electrons. The van der Waals surface area contributed by atoms with Crippen LogP contribution in [-0.2, 0) is 4.74 Å². The number of rotatable bonds is 6. The number of nitrogens with two attached hydrogens (primary N) is 1. The lowest BCUT2D eigenvalue weighted by atomic mass is 10.2. The zero-order valence-corrected chi connectivity index (χ0v) is 13.0. The second-order valence-electron chi connectivity index (χ2n) is 4.79. The Balaban J connectivity index is 1.74. The van der Waals surface area contributed by atoms with E-state index in [4.69, 9.17) is 34.3 Å². The number of nitrogens with one attached hydrogen (secondary N) is 1. The van der Waals surface area contributed by atoms with E-state index in [1.165, 1.54) is 0 Å². The molecule has 1 aliphatic rings. The van der Waals surface area contributed by atoms with Gasteiger partial charge in [-0.1, -0.05) is 23.8 Å². The molecule has 0 radical (unpaired) electrons. The van der Waals surface area contributed by atoms with Gasteiger partial charge in [-0.3, -0.25) is 4.90 Å². The zero-order chi connectivity index (χ0) is 14.4. The van der Waals surface area contributed by atoms with Gasteiger partial charge in [0, 0.05) is 25.2 Å². The minimum Gasteiger partial charge on any atom is -0.389 e. The van der Waals surface area contributed by atoms with Crippen molar-refractivity contribution in [3.05, 3.63) is 28.8 Å². The van der Waals surface area contributed by atoms with Crippen molar-refractivity contribution in [3.8, 4) is 0 Å². The Morgan fingerprint density at radius 3 is 2.80 bits per heavy atom. The van der Waals surface area contributed by atoms with E-state index < -0.39 is 0 Å². The lowest BCUT2D eigenvalue weighted by Crippen LogP contribution is -2.37. The van der Waals surface area contributed by atoms with E-state index >= 15 is 0 Å². The topological polar surface area (TPSA) is 50.5 Å². The number of anilines is 1. The number of hydrogen-bond donors (Lipinski definition) is 2. The summed E-state index contributed by atoms with van der Waals surface area (Å²) in [5, 5.41) is 4.00. The average Bonchev–Trinajstić information content (AvgIpc) is 2.46. The first-order chi connectivity index (χ1) is 9.66. The molecule has 1 heterocycles. The maximum Gasteiger partial charge on any atom is 0.104 e. The molecule has 0 amide bonds. The van der Waals surface area contributed by atoms with Crippen LogP contribution in [-0.4, -0.2) is 49.3 Å². The van der Waals surface area contributed by atoms with Crippen molar-refractivity contribution in [2.24, 2.45) is 5.73 Å². The number of thiocarbonyl (C=S) groups is 1. The van der Waals surface area contributed by atoms with E-state index in [2.05, 4.69) is 10.2 Å². The van der Waals surface area contributed by atoms with Crippen molar-refractivity contribution in [2.75, 3.05) is 44.7 Å². The molecule has 4 nitrogen and oxygen atoms in total. The number of hydrogen-bond acceptors (Lipinski definition) is 4. The zero-order valence-electron chi connectivity index (χ0n) is 11.4. The lowest BCUT2D eigenvalue weighted by molar-refractivity contribution is 0.0378. The van der Waals surface area contributed by atoms with Gasteiger partial charge in [0.25, 0.3) is 0 Å². The van der Waals surface area contributed by atoms with Gasteiger partial charge in [-0.2, -0.15) is 0 Å². The van der Waals surface area contributed by atoms with Crippen LogP contribution in [0.25, 0.3) is 0 Å². The van der Waals surface area contributed by atoms with Crippen LogP contribution >= 0.6 is 23.8 Å². The summed E-state index contributed by atoms with van der Waals surface area (Å²) in [6.07, 6.45) is 1.08. The fraction of sp³-hybridized carbons (Fsp3) is 0.500. The van der Waals surface area contributed by atoms with Gasteiger partial charge in [-0.25, -0.2) is 0 Å². The first-order valence-corrected chi connectivity index (χ1v) is 7.59. The summed E-state index contributed by atoms with van der Waals surface area (Å²) in [6, 6.07) is 5.61. The van der Waals surface area contributed by atoms with Gasteiger partial charge < -0.3 is 15.8 Å². The molecule has 0 saturated carbocycles. The Kier molecular flexibility index (Phi) is 6.04. The second kappa shape index (κ2) is 7.78. The van der Waals surface area contributed by atoms with E-state index in [1.807, 2.05) is 12.1 Å². The van der Waals surface area contributed by atoms with Crippen LogP contribution in [0.5, 0.6) is 0 Å². The Morgan fingerprint density at radius 1 is 1.40 bits per heavy atom. The molecule has 3 N–H and O–H groups in total. The van der Waals surface area contributed by atoms with Crippen molar-refractivity contribution >= 4 is 34.5 Å². The minimum absolute atomic E-state index is 0.366. The molecule has 1 aromatic rings. The van der Waals surface area contributed by atoms with Crippen LogP contribution < -0.4 is 11.1 Å². The molecule has 0 unspecified atom stereocenters. The molecule has 0 atom stereocenters. The molecule has 0 aromatic heterocycles. The Morgan fingerprint density at radius 2 is 2.15 bits per heavy atom. The molecule has 1 aliphatic heterocycles. The van der Waals surface area contributed by atoms with Crippen molar-refractivity contribution in [1.82, 2.24) is 4.90 Å². The van der Waals surface area contributed by atoms with Crippen molar-refractivity contribution in [3.63, 3.8) is 0 Å². The van der Waals surface area contributed by atoms with Crippen LogP contribution in [0.15, 0.2) is 18.2 Å². The van der Waals surface area contributed by atoms with E-state index in [0.29, 0.717) is 10.0 Å². The first kappa shape index (κ1) is 15.5. The third-order valence-electron chi connectivity index (χ3n) is 3.32. The number of morpholine rings is 1. The highest BCUT2D eigenvalue weighted by molar-refractivity contribution is 7.80. The summed E-state index contributed by atoms with van der Waals surface area (Å²) in [4.78, 5) is 2.79. The molecule has 2 rings (SSSR count). The molecule has 0 spiro atoms. The van der Waals surface area contributed by atoms with Crippen LogP contribution in [0.4, 0.5) is 5.69 Å². The second-order valence-corrected chi connectivity index (χ2v) is 5.64. The van der Waals surface area contributed by atoms with Gasteiger partial charge in [-0.15, -0.1) is 0 Å². The summed E-state index contributed by atoms with van der Waals surface area (Å²) in [6.45, 7) is 5.73. The van der Waals surface area contributed by atoms with Crippen molar-refractivity contribution < 1.29 is 4.74 Å². The van der Waals surface area contributed by atoms with E-state index in [1.54, 1.807) is 6.07 Å². The highest BCUT2D eigenvalue weighted by Gasteiger charge is 2.09. The quantitative estimate of drug-likeness (QED) is 0.622. The smallest absolute Gasteiger partial charge is 0.104 e. The molecular weight excluding hydrogens is 294 g/mol. The van der Waals surface area contributed by atoms with E-state index in [-0.39, 0.29) is 0 Å². The molecule has 1 aromatic carbocycles. The summed E-state index contributed by atoms with van der Waals surface area (Å²) in [5.74, 6) is 0. The molecular formula is C14H20ClN3OS. The van der Waals surface area contributed by atoms with Crippen LogP contribution in [0.2, 0.25) is 5.02 Å². The largest absolute Gasteiger partial charge is 0.389 e. The normalized spacial score (nSPS) is 16.1. The Bertz CT molecular complexity index is 464. The summed E-state index contributed by atoms with van der Waals surface area (Å²) in [7, 11) is 0. The SMILES string of the molecule is NC(=S)c1ccc(NCCCN2CCOCC2)c(Cl)c1. The molecule has 6 heteroatoms. The molecule has 20 heavy (non-hydrogen) atoms. The monoisotopic (exact) mass is 313 g/mol. The molecule has 0 aliphatic carbocycles. The third kappa shape index (κ3) is 4.59. The Hall–Kier alpha value is -0.880. The number of halogens is 1. The Labute approximate surface area is 130 Å². The molecule has 1 fully saturated rings. The number of benzene rings is 1. The van der Waals surface area contributed by atoms with E-state index in [0.717, 1.165) is 57.1 Å². The fourth-order valence-electron chi connectivity index (χ4n) is 2.16. The third-order valence-corrected chi connectivity index (χ3v) is 3.87. The van der Waals surface area contributed by atoms with Crippen molar-refractivity contribution in [1.29, 1.82) is 0 Å². The van der Waals surface area contributed by atoms with Crippen LogP contribution in [0, 0.1) is 0 Å². The standard InChI is InChI=1S/C14H20ClN3OS/c15-12-10-11(14(16)20)2-3-13(12)17-4-1-5-18-6-8-19-9-7-18/h2-3,10,17H,1,4-9H2,(H2,16,20). The number of ether oxygens (including phenoxy) is 1. The first-order valence-electron chi connectivity index (χ1n) is 6.80. The van der Waals surface area contributed by atoms with Crippen LogP contribution in [0.1, 0.15) is 12.0 Å². The van der Waals surface area contributed by atoms with Gasteiger partial charge in [-0.05, 0) is 31.2 Å². The summed E-state index contributed by atoms with van der Waals surface area (Å²) in [5.41, 5.74) is 7.29. The predicted molar refractivity (Wildman–Crippen MR) is 87.7 cm³/mol. The summed E-state index contributed by atoms with van der Waals surface area (Å²) < 4.78 is 5.33. The molecule has 0 bridgehead atoms. The maximum atomic E-state index is 6.20. The van der Waals surface area contributed by atoms with Gasteiger partial charge in [0.05, 0.1) is 23.9 Å². The van der Waals surface area contributed by atoms with E-state index in [9.17, 15) is 0 Å². The van der Waals surface area contributed by atoms with Gasteiger partial charge >= 0.3 is 0 Å².